The molecule has 0 heterocycles. The molecule has 8 atom stereocenters. The van der Waals surface area contributed by atoms with Gasteiger partial charge in [-0.1, -0.05) is 213 Å². The number of rotatable bonds is 87. The third kappa shape index (κ3) is 68.0. The lowest BCUT2D eigenvalue weighted by molar-refractivity contribution is -0.145. The third-order valence-electron chi connectivity index (χ3n) is 22.9. The van der Waals surface area contributed by atoms with E-state index in [4.69, 9.17) is 33.1 Å². The topological polar surface area (TPSA) is 521 Å². The second-order valence-corrected chi connectivity index (χ2v) is 35.1. The molecule has 0 fully saturated rings. The summed E-state index contributed by atoms with van der Waals surface area (Å²) >= 11 is 0. The Morgan fingerprint density at radius 1 is 0.256 bits per heavy atom. The van der Waals surface area contributed by atoms with Crippen LogP contribution < -0.4 is 49.5 Å². The van der Waals surface area contributed by atoms with Crippen LogP contribution in [0.5, 0.6) is 0 Å². The first-order valence-corrected chi connectivity index (χ1v) is 46.9. The Bertz CT molecular complexity index is 2930. The zero-order valence-electron chi connectivity index (χ0n) is 74.7. The number of carbonyl (C=O) groups excluding carboxylic acids is 10. The lowest BCUT2D eigenvalue weighted by Gasteiger charge is -2.23. The summed E-state index contributed by atoms with van der Waals surface area (Å²) in [4.78, 5) is 186. The van der Waals surface area contributed by atoms with Crippen molar-refractivity contribution in [1.29, 1.82) is 0 Å². The van der Waals surface area contributed by atoms with E-state index >= 15 is 0 Å². The van der Waals surface area contributed by atoms with E-state index in [2.05, 4.69) is 26.6 Å². The molecule has 29 nitrogen and oxygen atoms in total. The summed E-state index contributed by atoms with van der Waals surface area (Å²) in [5.74, 6) is -9.88. The van der Waals surface area contributed by atoms with Crippen molar-refractivity contribution >= 4 is 88.3 Å². The van der Waals surface area contributed by atoms with Crippen molar-refractivity contribution in [3.8, 4) is 0 Å². The molecule has 0 aromatic heterocycles. The van der Waals surface area contributed by atoms with Crippen LogP contribution in [0.3, 0.4) is 0 Å². The minimum Gasteiger partial charge on any atom is -0.481 e. The largest absolute Gasteiger partial charge is 0.481 e. The molecule has 121 heavy (non-hydrogen) atoms. The first-order valence-electron chi connectivity index (χ1n) is 46.9. The van der Waals surface area contributed by atoms with Crippen molar-refractivity contribution in [2.45, 2.75) is 443 Å². The van der Waals surface area contributed by atoms with Crippen LogP contribution in [0.15, 0.2) is 0 Å². The Morgan fingerprint density at radius 2 is 0.570 bits per heavy atom. The van der Waals surface area contributed by atoms with Gasteiger partial charge in [0.15, 0.2) is 0 Å². The van der Waals surface area contributed by atoms with E-state index in [-0.39, 0.29) is 155 Å². The van der Waals surface area contributed by atoms with Crippen LogP contribution >= 0.6 is 0 Å². The van der Waals surface area contributed by atoms with Gasteiger partial charge >= 0.3 is 29.8 Å². The standard InChI is InChI=1S/C92H165N9O20/c1-92(2,3)81(106)68-69(46-38-42-63-98-86(113)76(95)52-33-29-34-54-79(104)74(93)50-40-44-62-97-82(107)61-58-71(90(118)119)66-73(103)49-30-24-20-16-12-8-4-6-10-14-18-22-26-36-56-84(109)110)80(105)67-70(89(116)117)47-39-43-64-99-88(115)77(96)53-41-45-65-100-87(114)75(94)51-32-28-31-48-72(102)59-60-78(91(120)121)101-83(108)55-35-25-21-17-13-9-5-7-11-15-19-23-27-37-57-85(111)112/h69-71,74-78H,4-68,93-96H2,1-3H3,(H,97,107)(H,98,113)(H,99,115)(H,100,114)(H,101,108)(H,109,110)(H,111,112)(H,116,117)(H,118,119)(H,120,121)/t69-,70-,71-,74+,75+,76+,77+,78+/m1/s1. The fraction of sp³-hybridized carbons (Fsp3) is 0.837. The van der Waals surface area contributed by atoms with Crippen LogP contribution in [0, 0.1) is 23.2 Å². The number of unbranched alkanes of at least 4 members (excludes halogenated alkanes) is 34. The Morgan fingerprint density at radius 3 is 0.950 bits per heavy atom. The summed E-state index contributed by atoms with van der Waals surface area (Å²) in [6, 6.07) is -4.14. The van der Waals surface area contributed by atoms with Crippen LogP contribution in [-0.4, -0.2) is 170 Å². The molecule has 18 N–H and O–H groups in total. The smallest absolute Gasteiger partial charge is 0.326 e. The van der Waals surface area contributed by atoms with Crippen molar-refractivity contribution in [3.63, 3.8) is 0 Å². The first kappa shape index (κ1) is 114. The number of nitrogens with two attached hydrogens (primary N) is 4. The van der Waals surface area contributed by atoms with Crippen molar-refractivity contribution in [1.82, 2.24) is 26.6 Å². The maximum atomic E-state index is 13.8. The molecule has 698 valence electrons. The van der Waals surface area contributed by atoms with E-state index in [9.17, 15) is 87.2 Å². The average Bonchev–Trinajstić information content (AvgIpc) is 0.861. The highest BCUT2D eigenvalue weighted by molar-refractivity contribution is 5.92. The molecule has 5 amide bonds. The van der Waals surface area contributed by atoms with Crippen molar-refractivity contribution < 1.29 is 97.5 Å². The van der Waals surface area contributed by atoms with Gasteiger partial charge in [0, 0.05) is 108 Å². The average molecular weight is 1720 g/mol. The zero-order chi connectivity index (χ0) is 90.3. The molecule has 0 aromatic carbocycles. The molecule has 29 heteroatoms. The molecule has 0 aromatic rings. The lowest BCUT2D eigenvalue weighted by atomic mass is 9.80. The molecule has 0 saturated carbocycles. The SMILES string of the molecule is CC(C)(C)C(=O)C[C@@H](CCCCNC(=O)[C@@H](N)CCCCCC(=O)[C@@H](N)CCCCNC(=O)CC[C@H](CC(=O)CCCCCCCCCCCCCCCCC(=O)O)C(=O)O)C(=O)C[C@@H](CCCCNC(=O)[C@@H](N)CCCCNC(=O)[C@@H](N)CCCCCC(=O)CC[C@H](NC(=O)CCCCCCCCCCCCCCCCC(=O)O)C(=O)O)C(=O)O. The van der Waals surface area contributed by atoms with Crippen LogP contribution in [0.2, 0.25) is 0 Å². The monoisotopic (exact) mass is 1720 g/mol. The van der Waals surface area contributed by atoms with Crippen LogP contribution in [0.4, 0.5) is 0 Å². The normalized spacial score (nSPS) is 13.5. The van der Waals surface area contributed by atoms with Gasteiger partial charge in [-0.3, -0.25) is 67.1 Å². The predicted molar refractivity (Wildman–Crippen MR) is 471 cm³/mol. The van der Waals surface area contributed by atoms with Gasteiger partial charge < -0.3 is 75.1 Å². The van der Waals surface area contributed by atoms with Crippen LogP contribution in [0.1, 0.15) is 412 Å². The molecule has 0 aliphatic heterocycles. The molecule has 0 aliphatic carbocycles. The number of ketones is 5. The summed E-state index contributed by atoms with van der Waals surface area (Å²) in [5.41, 5.74) is 23.9. The molecule has 0 rings (SSSR count). The lowest BCUT2D eigenvalue weighted by Crippen LogP contribution is -2.42. The maximum absolute atomic E-state index is 13.8. The molecule has 0 spiro atoms. The first-order chi connectivity index (χ1) is 57.7. The van der Waals surface area contributed by atoms with E-state index in [0.29, 0.717) is 148 Å². The number of hydrogen-bond acceptors (Lipinski definition) is 19. The number of carbonyl (C=O) groups is 15. The summed E-state index contributed by atoms with van der Waals surface area (Å²) in [6.45, 7) is 6.47. The molecule has 0 bridgehead atoms. The maximum Gasteiger partial charge on any atom is 0.326 e. The molecule has 0 aliphatic rings. The number of carboxylic acids is 5. The summed E-state index contributed by atoms with van der Waals surface area (Å²) in [6.07, 6.45) is 40.9. The number of aliphatic carboxylic acids is 5. The van der Waals surface area contributed by atoms with Crippen molar-refractivity contribution in [2.24, 2.45) is 46.1 Å². The van der Waals surface area contributed by atoms with Gasteiger partial charge in [-0.05, 0) is 128 Å². The molecule has 0 radical (unpaired) electrons. The summed E-state index contributed by atoms with van der Waals surface area (Å²) < 4.78 is 0. The summed E-state index contributed by atoms with van der Waals surface area (Å²) in [7, 11) is 0. The van der Waals surface area contributed by atoms with Crippen LogP contribution in [0.25, 0.3) is 0 Å². The molecule has 0 unspecified atom stereocenters. The van der Waals surface area contributed by atoms with Crippen LogP contribution in [-0.2, 0) is 71.9 Å². The Kier molecular flexibility index (Phi) is 70.0. The van der Waals surface area contributed by atoms with E-state index in [1.54, 1.807) is 20.8 Å². The van der Waals surface area contributed by atoms with Gasteiger partial charge in [-0.2, -0.15) is 0 Å². The van der Waals surface area contributed by atoms with Gasteiger partial charge in [0.1, 0.15) is 35.0 Å². The molecule has 0 saturated heterocycles. The minimum absolute atomic E-state index is 0.00976. The number of Topliss-reactive ketones (excluding diaryl/α,β-unsaturated/α-hetero) is 5. The fourth-order valence-electron chi connectivity index (χ4n) is 14.8. The third-order valence-corrected chi connectivity index (χ3v) is 22.9. The van der Waals surface area contributed by atoms with Gasteiger partial charge in [0.25, 0.3) is 0 Å². The predicted octanol–water partition coefficient (Wildman–Crippen LogP) is 14.2. The molecular weight excluding hydrogens is 1550 g/mol. The minimum atomic E-state index is -1.18. The number of hydrogen-bond donors (Lipinski definition) is 14. The van der Waals surface area contributed by atoms with Gasteiger partial charge in [-0.15, -0.1) is 0 Å². The fourth-order valence-corrected chi connectivity index (χ4v) is 14.8. The number of amides is 5. The van der Waals surface area contributed by atoms with E-state index < -0.39 is 83.2 Å². The highest BCUT2D eigenvalue weighted by Gasteiger charge is 2.32. The van der Waals surface area contributed by atoms with Gasteiger partial charge in [0.2, 0.25) is 29.5 Å². The van der Waals surface area contributed by atoms with E-state index in [0.717, 1.165) is 109 Å². The summed E-state index contributed by atoms with van der Waals surface area (Å²) in [5, 5.41) is 60.8. The Labute approximate surface area is 723 Å². The zero-order valence-corrected chi connectivity index (χ0v) is 74.7. The van der Waals surface area contributed by atoms with Gasteiger partial charge in [0.05, 0.1) is 36.0 Å². The number of nitrogens with one attached hydrogen (secondary N) is 5. The highest BCUT2D eigenvalue weighted by Crippen LogP contribution is 2.28. The van der Waals surface area contributed by atoms with E-state index in [1.807, 2.05) is 0 Å². The quantitative estimate of drug-likeness (QED) is 0.0252. The second-order valence-electron chi connectivity index (χ2n) is 35.1. The molecular formula is C92H165N9O20. The Hall–Kier alpha value is -7.11. The highest BCUT2D eigenvalue weighted by atomic mass is 16.4. The van der Waals surface area contributed by atoms with Crippen molar-refractivity contribution in [2.75, 3.05) is 26.2 Å². The second kappa shape index (κ2) is 74.3. The van der Waals surface area contributed by atoms with E-state index in [1.165, 1.54) is 64.2 Å². The van der Waals surface area contributed by atoms with Crippen molar-refractivity contribution in [3.05, 3.63) is 0 Å². The van der Waals surface area contributed by atoms with Gasteiger partial charge in [-0.25, -0.2) is 4.79 Å². The number of carboxylic acid groups (broad SMARTS) is 5. The Balaban J connectivity index is 4.41.